The standard InChI is InChI=1S/C13H21N3O2/c1-10(2)18-13-11(6-5-7-15-13)8-14-9-12(17)16(3)4/h5-7,10,14H,8-9H2,1-4H3. The summed E-state index contributed by atoms with van der Waals surface area (Å²) in [4.78, 5) is 17.2. The molecule has 5 heteroatoms. The molecule has 0 fully saturated rings. The van der Waals surface area contributed by atoms with Crippen molar-refractivity contribution in [1.82, 2.24) is 15.2 Å². The first-order valence-electron chi connectivity index (χ1n) is 6.02. The molecule has 1 N–H and O–H groups in total. The number of hydrogen-bond acceptors (Lipinski definition) is 4. The Morgan fingerprint density at radius 1 is 1.50 bits per heavy atom. The van der Waals surface area contributed by atoms with Crippen LogP contribution in [-0.2, 0) is 11.3 Å². The number of aromatic nitrogens is 1. The highest BCUT2D eigenvalue weighted by Crippen LogP contribution is 2.15. The molecular formula is C13H21N3O2. The third-order valence-corrected chi connectivity index (χ3v) is 2.29. The molecule has 0 aliphatic rings. The number of nitrogens with one attached hydrogen (secondary N) is 1. The first kappa shape index (κ1) is 14.4. The van der Waals surface area contributed by atoms with Gasteiger partial charge in [0.2, 0.25) is 11.8 Å². The van der Waals surface area contributed by atoms with E-state index in [1.165, 1.54) is 0 Å². The Morgan fingerprint density at radius 2 is 2.22 bits per heavy atom. The predicted octanol–water partition coefficient (Wildman–Crippen LogP) is 1.05. The van der Waals surface area contributed by atoms with E-state index in [1.54, 1.807) is 25.2 Å². The van der Waals surface area contributed by atoms with E-state index in [0.29, 0.717) is 19.0 Å². The van der Waals surface area contributed by atoms with Crippen molar-refractivity contribution in [3.05, 3.63) is 23.9 Å². The first-order valence-corrected chi connectivity index (χ1v) is 6.02. The SMILES string of the molecule is CC(C)Oc1ncccc1CNCC(=O)N(C)C. The fraction of sp³-hybridized carbons (Fsp3) is 0.538. The normalized spacial score (nSPS) is 10.5. The van der Waals surface area contributed by atoms with E-state index in [4.69, 9.17) is 4.74 Å². The monoisotopic (exact) mass is 251 g/mol. The van der Waals surface area contributed by atoms with Gasteiger partial charge in [-0.2, -0.15) is 0 Å². The van der Waals surface area contributed by atoms with Gasteiger partial charge >= 0.3 is 0 Å². The van der Waals surface area contributed by atoms with Gasteiger partial charge in [-0.25, -0.2) is 4.98 Å². The fourth-order valence-corrected chi connectivity index (χ4v) is 1.35. The predicted molar refractivity (Wildman–Crippen MR) is 70.4 cm³/mol. The van der Waals surface area contributed by atoms with E-state index in [9.17, 15) is 4.79 Å². The molecule has 1 aromatic rings. The zero-order valence-electron chi connectivity index (χ0n) is 11.4. The molecule has 1 amide bonds. The summed E-state index contributed by atoms with van der Waals surface area (Å²) in [5.41, 5.74) is 0.956. The van der Waals surface area contributed by atoms with Gasteiger partial charge in [-0.1, -0.05) is 6.07 Å². The number of carbonyl (C=O) groups is 1. The number of hydrogen-bond donors (Lipinski definition) is 1. The second-order valence-corrected chi connectivity index (χ2v) is 4.53. The van der Waals surface area contributed by atoms with Gasteiger partial charge in [0.1, 0.15) is 0 Å². The third kappa shape index (κ3) is 4.71. The van der Waals surface area contributed by atoms with Gasteiger partial charge < -0.3 is 15.0 Å². The Bertz CT molecular complexity index is 392. The molecule has 100 valence electrons. The summed E-state index contributed by atoms with van der Waals surface area (Å²) in [7, 11) is 3.47. The minimum Gasteiger partial charge on any atom is -0.475 e. The Kier molecular flexibility index (Phi) is 5.58. The molecule has 1 rings (SSSR count). The third-order valence-electron chi connectivity index (χ3n) is 2.29. The molecule has 0 radical (unpaired) electrons. The zero-order valence-corrected chi connectivity index (χ0v) is 11.4. The van der Waals surface area contributed by atoms with Crippen LogP contribution in [0.5, 0.6) is 5.88 Å². The van der Waals surface area contributed by atoms with Gasteiger partial charge in [-0.05, 0) is 19.9 Å². The molecule has 0 aliphatic carbocycles. The quantitative estimate of drug-likeness (QED) is 0.821. The second kappa shape index (κ2) is 6.96. The van der Waals surface area contributed by atoms with Crippen molar-refractivity contribution in [1.29, 1.82) is 0 Å². The van der Waals surface area contributed by atoms with Gasteiger partial charge in [0.15, 0.2) is 0 Å². The van der Waals surface area contributed by atoms with Crippen LogP contribution in [-0.4, -0.2) is 42.5 Å². The maximum Gasteiger partial charge on any atom is 0.236 e. The lowest BCUT2D eigenvalue weighted by atomic mass is 10.2. The van der Waals surface area contributed by atoms with Crippen molar-refractivity contribution in [2.45, 2.75) is 26.5 Å². The molecule has 0 aliphatic heterocycles. The summed E-state index contributed by atoms with van der Waals surface area (Å²) in [6.07, 6.45) is 1.79. The minimum atomic E-state index is 0.0465. The van der Waals surface area contributed by atoms with Crippen LogP contribution in [0.1, 0.15) is 19.4 Å². The summed E-state index contributed by atoms with van der Waals surface area (Å²) in [5.74, 6) is 0.669. The van der Waals surface area contributed by atoms with Crippen LogP contribution in [0, 0.1) is 0 Å². The van der Waals surface area contributed by atoms with Crippen LogP contribution in [0.3, 0.4) is 0 Å². The van der Waals surface area contributed by atoms with Crippen LogP contribution in [0.4, 0.5) is 0 Å². The lowest BCUT2D eigenvalue weighted by molar-refractivity contribution is -0.127. The maximum atomic E-state index is 11.4. The van der Waals surface area contributed by atoms with E-state index in [0.717, 1.165) is 5.56 Å². The highest BCUT2D eigenvalue weighted by molar-refractivity contribution is 5.77. The molecule has 0 bridgehead atoms. The number of nitrogens with zero attached hydrogens (tertiary/aromatic N) is 2. The largest absolute Gasteiger partial charge is 0.475 e. The lowest BCUT2D eigenvalue weighted by Gasteiger charge is -2.14. The second-order valence-electron chi connectivity index (χ2n) is 4.53. The van der Waals surface area contributed by atoms with Crippen LogP contribution in [0.15, 0.2) is 18.3 Å². The maximum absolute atomic E-state index is 11.4. The van der Waals surface area contributed by atoms with Crippen molar-refractivity contribution in [3.8, 4) is 5.88 Å². The lowest BCUT2D eigenvalue weighted by Crippen LogP contribution is -2.32. The minimum absolute atomic E-state index is 0.0465. The summed E-state index contributed by atoms with van der Waals surface area (Å²) < 4.78 is 5.60. The number of rotatable bonds is 6. The smallest absolute Gasteiger partial charge is 0.236 e. The van der Waals surface area contributed by atoms with Gasteiger partial charge in [0, 0.05) is 32.4 Å². The molecule has 1 aromatic heterocycles. The van der Waals surface area contributed by atoms with Crippen molar-refractivity contribution in [2.75, 3.05) is 20.6 Å². The highest BCUT2D eigenvalue weighted by Gasteiger charge is 2.08. The van der Waals surface area contributed by atoms with Crippen LogP contribution in [0.2, 0.25) is 0 Å². The average molecular weight is 251 g/mol. The Balaban J connectivity index is 2.54. The Labute approximate surface area is 108 Å². The topological polar surface area (TPSA) is 54.5 Å². The Morgan fingerprint density at radius 3 is 2.83 bits per heavy atom. The number of amides is 1. The molecule has 18 heavy (non-hydrogen) atoms. The number of ether oxygens (including phenoxy) is 1. The molecule has 0 saturated heterocycles. The van der Waals surface area contributed by atoms with Crippen LogP contribution >= 0.6 is 0 Å². The van der Waals surface area contributed by atoms with Gasteiger partial charge in [0.25, 0.3) is 0 Å². The van der Waals surface area contributed by atoms with E-state index < -0.39 is 0 Å². The molecule has 0 aromatic carbocycles. The summed E-state index contributed by atoms with van der Waals surface area (Å²) in [6, 6.07) is 3.80. The van der Waals surface area contributed by atoms with Crippen LogP contribution in [0.25, 0.3) is 0 Å². The number of likely N-dealkylation sites (N-methyl/N-ethyl adjacent to an activating group) is 1. The van der Waals surface area contributed by atoms with Gasteiger partial charge in [-0.3, -0.25) is 4.79 Å². The van der Waals surface area contributed by atoms with Crippen molar-refractivity contribution in [2.24, 2.45) is 0 Å². The highest BCUT2D eigenvalue weighted by atomic mass is 16.5. The number of carbonyl (C=O) groups excluding carboxylic acids is 1. The van der Waals surface area contributed by atoms with Crippen LogP contribution < -0.4 is 10.1 Å². The zero-order chi connectivity index (χ0) is 13.5. The van der Waals surface area contributed by atoms with E-state index in [1.807, 2.05) is 26.0 Å². The number of pyridine rings is 1. The van der Waals surface area contributed by atoms with Gasteiger partial charge in [-0.15, -0.1) is 0 Å². The Hall–Kier alpha value is -1.62. The molecule has 0 spiro atoms. The summed E-state index contributed by atoms with van der Waals surface area (Å²) in [6.45, 7) is 4.79. The van der Waals surface area contributed by atoms with E-state index >= 15 is 0 Å². The average Bonchev–Trinajstić information content (AvgIpc) is 2.30. The van der Waals surface area contributed by atoms with Crippen molar-refractivity contribution < 1.29 is 9.53 Å². The molecule has 0 saturated carbocycles. The molecule has 0 unspecified atom stereocenters. The molecular weight excluding hydrogens is 230 g/mol. The first-order chi connectivity index (χ1) is 8.50. The fourth-order valence-electron chi connectivity index (χ4n) is 1.35. The van der Waals surface area contributed by atoms with E-state index in [2.05, 4.69) is 10.3 Å². The van der Waals surface area contributed by atoms with Crippen molar-refractivity contribution >= 4 is 5.91 Å². The van der Waals surface area contributed by atoms with Gasteiger partial charge in [0.05, 0.1) is 12.6 Å². The van der Waals surface area contributed by atoms with E-state index in [-0.39, 0.29) is 12.0 Å². The molecule has 0 atom stereocenters. The van der Waals surface area contributed by atoms with Crippen molar-refractivity contribution in [3.63, 3.8) is 0 Å². The molecule has 1 heterocycles. The molecule has 5 nitrogen and oxygen atoms in total. The summed E-state index contributed by atoms with van der Waals surface area (Å²) >= 11 is 0. The summed E-state index contributed by atoms with van der Waals surface area (Å²) in [5, 5.41) is 3.09.